The summed E-state index contributed by atoms with van der Waals surface area (Å²) in [7, 11) is 3.87. The molecule has 0 aromatic heterocycles. The van der Waals surface area contributed by atoms with Gasteiger partial charge in [-0.15, -0.1) is 0 Å². The van der Waals surface area contributed by atoms with Gasteiger partial charge in [-0.25, -0.2) is 0 Å². The maximum atomic E-state index is 12.0. The molecule has 0 saturated carbocycles. The Morgan fingerprint density at radius 2 is 1.47 bits per heavy atom. The van der Waals surface area contributed by atoms with Crippen LogP contribution in [0.3, 0.4) is 0 Å². The molecular weight excluding hydrogens is 242 g/mol. The van der Waals surface area contributed by atoms with Crippen LogP contribution >= 0.6 is 0 Å². The number of carbonyl (C=O) groups is 2. The minimum atomic E-state index is -0.478. The molecule has 0 bridgehead atoms. The van der Waals surface area contributed by atoms with E-state index >= 15 is 0 Å². The first-order valence-corrected chi connectivity index (χ1v) is 7.24. The van der Waals surface area contributed by atoms with Crippen LogP contribution in [0.4, 0.5) is 0 Å². The van der Waals surface area contributed by atoms with Crippen molar-refractivity contribution in [1.82, 2.24) is 15.1 Å². The first-order chi connectivity index (χ1) is 9.02. The summed E-state index contributed by atoms with van der Waals surface area (Å²) in [5, 5.41) is 2.68. The molecule has 112 valence electrons. The molecule has 0 unspecified atom stereocenters. The highest BCUT2D eigenvalue weighted by molar-refractivity contribution is 6.35. The molecule has 0 radical (unpaired) electrons. The van der Waals surface area contributed by atoms with E-state index in [-0.39, 0.29) is 5.91 Å². The fraction of sp³-hybridized carbons (Fsp3) is 0.857. The average Bonchev–Trinajstić information content (AvgIpc) is 2.37. The zero-order chi connectivity index (χ0) is 14.7. The highest BCUT2D eigenvalue weighted by Gasteiger charge is 2.20. The molecule has 5 nitrogen and oxygen atoms in total. The lowest BCUT2D eigenvalue weighted by Gasteiger charge is -2.22. The van der Waals surface area contributed by atoms with Crippen molar-refractivity contribution in [1.29, 1.82) is 0 Å². The number of nitrogens with zero attached hydrogens (tertiary/aromatic N) is 2. The normalized spacial score (nSPS) is 10.6. The van der Waals surface area contributed by atoms with E-state index in [1.54, 1.807) is 4.90 Å². The second-order valence-corrected chi connectivity index (χ2v) is 5.06. The van der Waals surface area contributed by atoms with Crippen LogP contribution in [-0.2, 0) is 9.59 Å². The number of hydrogen-bond acceptors (Lipinski definition) is 3. The first kappa shape index (κ1) is 17.9. The number of rotatable bonds is 9. The molecule has 0 saturated heterocycles. The van der Waals surface area contributed by atoms with Gasteiger partial charge in [0, 0.05) is 26.2 Å². The largest absolute Gasteiger partial charge is 0.347 e. The van der Waals surface area contributed by atoms with Crippen LogP contribution in [-0.4, -0.2) is 61.9 Å². The molecule has 0 atom stereocenters. The number of likely N-dealkylation sites (N-methyl/N-ethyl adjacent to an activating group) is 1. The molecule has 2 amide bonds. The molecule has 0 aliphatic rings. The predicted molar refractivity (Wildman–Crippen MR) is 78.0 cm³/mol. The molecular formula is C14H29N3O2. The summed E-state index contributed by atoms with van der Waals surface area (Å²) in [4.78, 5) is 27.4. The van der Waals surface area contributed by atoms with E-state index in [1.165, 1.54) is 0 Å². The van der Waals surface area contributed by atoms with Crippen LogP contribution in [0.5, 0.6) is 0 Å². The van der Waals surface area contributed by atoms with Crippen LogP contribution in [0.2, 0.25) is 0 Å². The van der Waals surface area contributed by atoms with Crippen molar-refractivity contribution in [2.75, 3.05) is 40.3 Å². The quantitative estimate of drug-likeness (QED) is 0.639. The van der Waals surface area contributed by atoms with Gasteiger partial charge in [0.15, 0.2) is 0 Å². The lowest BCUT2D eigenvalue weighted by Crippen LogP contribution is -2.45. The van der Waals surface area contributed by atoms with Crippen molar-refractivity contribution in [2.24, 2.45) is 0 Å². The first-order valence-electron chi connectivity index (χ1n) is 7.24. The molecule has 0 rings (SSSR count). The Morgan fingerprint density at radius 1 is 0.947 bits per heavy atom. The minimum absolute atomic E-state index is 0.388. The highest BCUT2D eigenvalue weighted by Crippen LogP contribution is 2.00. The van der Waals surface area contributed by atoms with Crippen molar-refractivity contribution in [3.05, 3.63) is 0 Å². The average molecular weight is 271 g/mol. The molecule has 0 heterocycles. The number of hydrogen-bond donors (Lipinski definition) is 1. The third-order valence-electron chi connectivity index (χ3n) is 2.89. The van der Waals surface area contributed by atoms with E-state index in [4.69, 9.17) is 0 Å². The Labute approximate surface area is 117 Å². The van der Waals surface area contributed by atoms with Crippen molar-refractivity contribution in [3.8, 4) is 0 Å². The minimum Gasteiger partial charge on any atom is -0.347 e. The van der Waals surface area contributed by atoms with Gasteiger partial charge in [0.1, 0.15) is 0 Å². The predicted octanol–water partition coefficient (Wildman–Crippen LogP) is 1.09. The number of nitrogens with one attached hydrogen (secondary N) is 1. The van der Waals surface area contributed by atoms with Gasteiger partial charge in [-0.1, -0.05) is 26.7 Å². The standard InChI is InChI=1S/C14H29N3O2/c1-5-7-10-17(11-8-6-2)14(19)13(18)15-9-12-16(3)4/h5-12H2,1-4H3,(H,15,18). The van der Waals surface area contributed by atoms with Crippen LogP contribution < -0.4 is 5.32 Å². The summed E-state index contributed by atoms with van der Waals surface area (Å²) in [6, 6.07) is 0. The fourth-order valence-corrected chi connectivity index (χ4v) is 1.63. The van der Waals surface area contributed by atoms with Crippen molar-refractivity contribution < 1.29 is 9.59 Å². The zero-order valence-corrected chi connectivity index (χ0v) is 12.9. The summed E-state index contributed by atoms with van der Waals surface area (Å²) in [5.41, 5.74) is 0. The van der Waals surface area contributed by atoms with E-state index in [0.717, 1.165) is 32.2 Å². The summed E-state index contributed by atoms with van der Waals surface area (Å²) in [6.45, 7) is 6.77. The van der Waals surface area contributed by atoms with E-state index in [1.807, 2.05) is 19.0 Å². The van der Waals surface area contributed by atoms with Gasteiger partial charge in [-0.05, 0) is 26.9 Å². The van der Waals surface area contributed by atoms with Gasteiger partial charge in [0.25, 0.3) is 0 Å². The van der Waals surface area contributed by atoms with E-state index in [9.17, 15) is 9.59 Å². The lowest BCUT2D eigenvalue weighted by molar-refractivity contribution is -0.146. The third-order valence-corrected chi connectivity index (χ3v) is 2.89. The van der Waals surface area contributed by atoms with E-state index < -0.39 is 5.91 Å². The van der Waals surface area contributed by atoms with Crippen molar-refractivity contribution in [3.63, 3.8) is 0 Å². The molecule has 5 heteroatoms. The Kier molecular flexibility index (Phi) is 10.2. The van der Waals surface area contributed by atoms with E-state index in [0.29, 0.717) is 19.6 Å². The molecule has 0 fully saturated rings. The van der Waals surface area contributed by atoms with Gasteiger partial charge >= 0.3 is 11.8 Å². The highest BCUT2D eigenvalue weighted by atomic mass is 16.2. The van der Waals surface area contributed by atoms with Crippen LogP contribution in [0.1, 0.15) is 39.5 Å². The maximum absolute atomic E-state index is 12.0. The molecule has 19 heavy (non-hydrogen) atoms. The Balaban J connectivity index is 4.21. The second-order valence-electron chi connectivity index (χ2n) is 5.06. The molecule has 0 aromatic rings. The van der Waals surface area contributed by atoms with Crippen molar-refractivity contribution in [2.45, 2.75) is 39.5 Å². The van der Waals surface area contributed by atoms with E-state index in [2.05, 4.69) is 19.2 Å². The topological polar surface area (TPSA) is 52.7 Å². The van der Waals surface area contributed by atoms with Crippen LogP contribution in [0.25, 0.3) is 0 Å². The monoisotopic (exact) mass is 271 g/mol. The van der Waals surface area contributed by atoms with Crippen molar-refractivity contribution >= 4 is 11.8 Å². The van der Waals surface area contributed by atoms with Gasteiger partial charge in [-0.2, -0.15) is 0 Å². The molecule has 0 aliphatic heterocycles. The third kappa shape index (κ3) is 8.59. The van der Waals surface area contributed by atoms with Gasteiger partial charge in [-0.3, -0.25) is 9.59 Å². The molecule has 0 aromatic carbocycles. The number of amides is 2. The van der Waals surface area contributed by atoms with Gasteiger partial charge < -0.3 is 15.1 Å². The Morgan fingerprint density at radius 3 is 1.89 bits per heavy atom. The molecule has 0 spiro atoms. The smallest absolute Gasteiger partial charge is 0.311 e. The van der Waals surface area contributed by atoms with Gasteiger partial charge in [0.05, 0.1) is 0 Å². The maximum Gasteiger partial charge on any atom is 0.311 e. The SMILES string of the molecule is CCCCN(CCCC)C(=O)C(=O)NCCN(C)C. The Bertz CT molecular complexity index is 259. The fourth-order valence-electron chi connectivity index (χ4n) is 1.63. The van der Waals surface area contributed by atoms with Crippen LogP contribution in [0, 0.1) is 0 Å². The summed E-state index contributed by atoms with van der Waals surface area (Å²) >= 11 is 0. The molecule has 0 aliphatic carbocycles. The van der Waals surface area contributed by atoms with Crippen LogP contribution in [0.15, 0.2) is 0 Å². The molecule has 1 N–H and O–H groups in total. The summed E-state index contributed by atoms with van der Waals surface area (Å²) in [5.74, 6) is -0.866. The summed E-state index contributed by atoms with van der Waals surface area (Å²) in [6.07, 6.45) is 3.94. The Hall–Kier alpha value is -1.10. The zero-order valence-electron chi connectivity index (χ0n) is 12.9. The lowest BCUT2D eigenvalue weighted by atomic mass is 10.2. The number of carbonyl (C=O) groups excluding carboxylic acids is 2. The van der Waals surface area contributed by atoms with Gasteiger partial charge in [0.2, 0.25) is 0 Å². The summed E-state index contributed by atoms with van der Waals surface area (Å²) < 4.78 is 0. The second kappa shape index (κ2) is 10.8. The number of unbranched alkanes of at least 4 members (excludes halogenated alkanes) is 2.